The van der Waals surface area contributed by atoms with Gasteiger partial charge in [-0.1, -0.05) is 32.0 Å². The molecule has 2 heteroatoms. The van der Waals surface area contributed by atoms with Crippen LogP contribution in [0.4, 0.5) is 0 Å². The zero-order chi connectivity index (χ0) is 14.4. The summed E-state index contributed by atoms with van der Waals surface area (Å²) >= 11 is 1.92. The largest absolute Gasteiger partial charge is 0.261 e. The maximum Gasteiger partial charge on any atom is 0.0372 e. The van der Waals surface area contributed by atoms with E-state index in [4.69, 9.17) is 0 Å². The third-order valence-corrected chi connectivity index (χ3v) is 4.71. The third kappa shape index (κ3) is 4.38. The number of aromatic nitrogens is 1. The van der Waals surface area contributed by atoms with Crippen molar-refractivity contribution in [3.8, 4) is 0 Å². The van der Waals surface area contributed by atoms with Gasteiger partial charge in [0.15, 0.2) is 0 Å². The first-order valence-corrected chi connectivity index (χ1v) is 8.32. The lowest BCUT2D eigenvalue weighted by atomic mass is 9.99. The van der Waals surface area contributed by atoms with Gasteiger partial charge in [-0.25, -0.2) is 0 Å². The molecule has 0 aliphatic heterocycles. The Kier molecular flexibility index (Phi) is 5.66. The summed E-state index contributed by atoms with van der Waals surface area (Å²) in [4.78, 5) is 5.69. The number of rotatable bonds is 6. The smallest absolute Gasteiger partial charge is 0.0372 e. The maximum absolute atomic E-state index is 4.34. The first-order chi connectivity index (χ1) is 9.69. The normalized spacial score (nSPS) is 12.3. The Morgan fingerprint density at radius 1 is 1.10 bits per heavy atom. The number of benzene rings is 1. The van der Waals surface area contributed by atoms with E-state index in [2.05, 4.69) is 55.2 Å². The Labute approximate surface area is 126 Å². The highest BCUT2D eigenvalue weighted by atomic mass is 32.2. The summed E-state index contributed by atoms with van der Waals surface area (Å²) in [5.41, 5.74) is 3.85. The van der Waals surface area contributed by atoms with Gasteiger partial charge in [0.2, 0.25) is 0 Å². The zero-order valence-corrected chi connectivity index (χ0v) is 13.4. The Balaban J connectivity index is 1.83. The second kappa shape index (κ2) is 7.49. The summed E-state index contributed by atoms with van der Waals surface area (Å²) in [7, 11) is 0. The van der Waals surface area contributed by atoms with E-state index < -0.39 is 0 Å². The highest BCUT2D eigenvalue weighted by Crippen LogP contribution is 2.24. The molecule has 1 heterocycles. The van der Waals surface area contributed by atoms with Crippen molar-refractivity contribution in [2.45, 2.75) is 44.4 Å². The van der Waals surface area contributed by atoms with Crippen molar-refractivity contribution in [3.63, 3.8) is 0 Å². The predicted octanol–water partition coefficient (Wildman–Crippen LogP) is 5.24. The molecule has 1 unspecified atom stereocenters. The van der Waals surface area contributed by atoms with Crippen LogP contribution in [0.15, 0.2) is 47.5 Å². The standard InChI is InChI=1S/C18H23NS/c1-4-14(2)17-7-9-18(10-8-17)20-12-11-16-6-5-15(3)19-13-16/h5-10,13-14H,4,11-12H2,1-3H3. The highest BCUT2D eigenvalue weighted by Gasteiger charge is 2.02. The Morgan fingerprint density at radius 2 is 1.85 bits per heavy atom. The van der Waals surface area contributed by atoms with Crippen LogP contribution in [-0.4, -0.2) is 10.7 Å². The molecule has 0 N–H and O–H groups in total. The van der Waals surface area contributed by atoms with Crippen LogP contribution in [-0.2, 0) is 6.42 Å². The molecular weight excluding hydrogens is 262 g/mol. The van der Waals surface area contributed by atoms with Gasteiger partial charge in [-0.05, 0) is 55.0 Å². The topological polar surface area (TPSA) is 12.9 Å². The van der Waals surface area contributed by atoms with E-state index in [1.165, 1.54) is 22.4 Å². The number of hydrogen-bond acceptors (Lipinski definition) is 2. The lowest BCUT2D eigenvalue weighted by molar-refractivity contribution is 0.733. The molecule has 0 aliphatic rings. The molecule has 0 saturated heterocycles. The van der Waals surface area contributed by atoms with Crippen LogP contribution in [0.25, 0.3) is 0 Å². The molecule has 1 atom stereocenters. The van der Waals surface area contributed by atoms with Gasteiger partial charge >= 0.3 is 0 Å². The number of nitrogens with zero attached hydrogens (tertiary/aromatic N) is 1. The van der Waals surface area contributed by atoms with Crippen molar-refractivity contribution < 1.29 is 0 Å². The van der Waals surface area contributed by atoms with E-state index in [-0.39, 0.29) is 0 Å². The van der Waals surface area contributed by atoms with Gasteiger partial charge in [0.05, 0.1) is 0 Å². The minimum Gasteiger partial charge on any atom is -0.261 e. The van der Waals surface area contributed by atoms with E-state index in [1.807, 2.05) is 24.9 Å². The summed E-state index contributed by atoms with van der Waals surface area (Å²) in [6.45, 7) is 6.55. The summed E-state index contributed by atoms with van der Waals surface area (Å²) in [5.74, 6) is 1.76. The van der Waals surface area contributed by atoms with Crippen molar-refractivity contribution in [1.29, 1.82) is 0 Å². The molecule has 20 heavy (non-hydrogen) atoms. The van der Waals surface area contributed by atoms with Gasteiger partial charge < -0.3 is 0 Å². The molecule has 106 valence electrons. The molecule has 1 nitrogen and oxygen atoms in total. The van der Waals surface area contributed by atoms with Gasteiger partial charge in [-0.15, -0.1) is 11.8 Å². The van der Waals surface area contributed by atoms with E-state index in [1.54, 1.807) is 0 Å². The fourth-order valence-corrected chi connectivity index (χ4v) is 2.96. The molecule has 1 aromatic heterocycles. The number of aryl methyl sites for hydroxylation is 2. The van der Waals surface area contributed by atoms with Crippen LogP contribution in [0.1, 0.15) is 43.0 Å². The lowest BCUT2D eigenvalue weighted by Crippen LogP contribution is -1.92. The quantitative estimate of drug-likeness (QED) is 0.673. The summed E-state index contributed by atoms with van der Waals surface area (Å²) < 4.78 is 0. The van der Waals surface area contributed by atoms with Crippen molar-refractivity contribution in [1.82, 2.24) is 4.98 Å². The van der Waals surface area contributed by atoms with E-state index in [9.17, 15) is 0 Å². The average Bonchev–Trinajstić information content (AvgIpc) is 2.49. The third-order valence-electron chi connectivity index (χ3n) is 3.69. The van der Waals surface area contributed by atoms with Crippen molar-refractivity contribution in [2.75, 3.05) is 5.75 Å². The minimum absolute atomic E-state index is 0.660. The van der Waals surface area contributed by atoms with Crippen LogP contribution < -0.4 is 0 Å². The van der Waals surface area contributed by atoms with E-state index in [0.717, 1.165) is 17.9 Å². The van der Waals surface area contributed by atoms with Crippen LogP contribution in [0.2, 0.25) is 0 Å². The van der Waals surface area contributed by atoms with E-state index in [0.29, 0.717) is 5.92 Å². The van der Waals surface area contributed by atoms with Gasteiger partial charge in [0.1, 0.15) is 0 Å². The molecule has 0 fully saturated rings. The van der Waals surface area contributed by atoms with Crippen molar-refractivity contribution in [3.05, 3.63) is 59.4 Å². The van der Waals surface area contributed by atoms with Crippen LogP contribution in [0.3, 0.4) is 0 Å². The molecule has 1 aromatic carbocycles. The minimum atomic E-state index is 0.660. The predicted molar refractivity (Wildman–Crippen MR) is 88.6 cm³/mol. The average molecular weight is 285 g/mol. The number of pyridine rings is 1. The molecule has 0 saturated carbocycles. The first kappa shape index (κ1) is 15.1. The fourth-order valence-electron chi connectivity index (χ4n) is 2.06. The monoisotopic (exact) mass is 285 g/mol. The van der Waals surface area contributed by atoms with Crippen LogP contribution >= 0.6 is 11.8 Å². The van der Waals surface area contributed by atoms with Gasteiger partial charge in [0.25, 0.3) is 0 Å². The highest BCUT2D eigenvalue weighted by molar-refractivity contribution is 7.99. The van der Waals surface area contributed by atoms with Crippen molar-refractivity contribution in [2.24, 2.45) is 0 Å². The van der Waals surface area contributed by atoms with Crippen LogP contribution in [0, 0.1) is 6.92 Å². The Morgan fingerprint density at radius 3 is 2.45 bits per heavy atom. The Hall–Kier alpha value is -1.28. The zero-order valence-electron chi connectivity index (χ0n) is 12.6. The SMILES string of the molecule is CCC(C)c1ccc(SCCc2ccc(C)nc2)cc1. The molecular formula is C18H23NS. The molecule has 2 aromatic rings. The molecule has 0 aliphatic carbocycles. The van der Waals surface area contributed by atoms with Gasteiger partial charge in [-0.2, -0.15) is 0 Å². The summed E-state index contributed by atoms with van der Waals surface area (Å²) in [5, 5.41) is 0. The molecule has 0 amide bonds. The number of hydrogen-bond donors (Lipinski definition) is 0. The lowest BCUT2D eigenvalue weighted by Gasteiger charge is -2.09. The van der Waals surface area contributed by atoms with Gasteiger partial charge in [-0.3, -0.25) is 4.98 Å². The number of thioether (sulfide) groups is 1. The molecule has 0 radical (unpaired) electrons. The second-order valence-corrected chi connectivity index (χ2v) is 6.45. The van der Waals surface area contributed by atoms with Crippen molar-refractivity contribution >= 4 is 11.8 Å². The molecule has 0 bridgehead atoms. The van der Waals surface area contributed by atoms with Gasteiger partial charge in [0, 0.05) is 22.5 Å². The fraction of sp³-hybridized carbons (Fsp3) is 0.389. The first-order valence-electron chi connectivity index (χ1n) is 7.33. The Bertz CT molecular complexity index is 516. The van der Waals surface area contributed by atoms with E-state index >= 15 is 0 Å². The summed E-state index contributed by atoms with van der Waals surface area (Å²) in [6.07, 6.45) is 4.26. The van der Waals surface area contributed by atoms with Crippen LogP contribution in [0.5, 0.6) is 0 Å². The molecule has 0 spiro atoms. The maximum atomic E-state index is 4.34. The second-order valence-electron chi connectivity index (χ2n) is 5.28. The summed E-state index contributed by atoms with van der Waals surface area (Å²) in [6, 6.07) is 13.3. The molecule has 2 rings (SSSR count).